The van der Waals surface area contributed by atoms with E-state index in [4.69, 9.17) is 37.0 Å². The molecule has 0 radical (unpaired) electrons. The van der Waals surface area contributed by atoms with Crippen LogP contribution >= 0.6 is 15.6 Å². The van der Waals surface area contributed by atoms with Gasteiger partial charge in [0.05, 0.1) is 26.4 Å². The van der Waals surface area contributed by atoms with Crippen LogP contribution in [0, 0.1) is 11.8 Å². The second kappa shape index (κ2) is 51.9. The monoisotopic (exact) mass is 1160 g/mol. The van der Waals surface area contributed by atoms with Gasteiger partial charge < -0.3 is 33.8 Å². The van der Waals surface area contributed by atoms with Crippen molar-refractivity contribution in [2.45, 2.75) is 304 Å². The predicted molar refractivity (Wildman–Crippen MR) is 308 cm³/mol. The molecule has 17 nitrogen and oxygen atoms in total. The lowest BCUT2D eigenvalue weighted by Crippen LogP contribution is -2.30. The molecule has 0 aliphatic heterocycles. The molecule has 0 aromatic rings. The minimum absolute atomic E-state index is 0.104. The quantitative estimate of drug-likeness (QED) is 0.0222. The molecular formula is C59H114O17P2. The molecule has 0 aromatic heterocycles. The number of phosphoric acid groups is 2. The van der Waals surface area contributed by atoms with Gasteiger partial charge in [-0.25, -0.2) is 9.13 Å². The van der Waals surface area contributed by atoms with Crippen LogP contribution in [-0.4, -0.2) is 96.7 Å². The van der Waals surface area contributed by atoms with Crippen molar-refractivity contribution < 1.29 is 80.2 Å². The van der Waals surface area contributed by atoms with Crippen LogP contribution in [0.25, 0.3) is 0 Å². The molecule has 0 heterocycles. The lowest BCUT2D eigenvalue weighted by atomic mass is 10.0. The number of phosphoric ester groups is 2. The predicted octanol–water partition coefficient (Wildman–Crippen LogP) is 15.7. The second-order valence-corrected chi connectivity index (χ2v) is 25.2. The van der Waals surface area contributed by atoms with E-state index < -0.39 is 97.5 Å². The highest BCUT2D eigenvalue weighted by Crippen LogP contribution is 2.45. The Morgan fingerprint density at radius 1 is 0.346 bits per heavy atom. The summed E-state index contributed by atoms with van der Waals surface area (Å²) in [6, 6.07) is 0. The molecule has 0 aromatic carbocycles. The van der Waals surface area contributed by atoms with Gasteiger partial charge in [0, 0.05) is 25.7 Å². The van der Waals surface area contributed by atoms with Crippen LogP contribution in [0.2, 0.25) is 0 Å². The molecule has 0 amide bonds. The molecule has 0 saturated carbocycles. The van der Waals surface area contributed by atoms with E-state index in [1.54, 1.807) is 0 Å². The van der Waals surface area contributed by atoms with Crippen LogP contribution in [0.4, 0.5) is 0 Å². The highest BCUT2D eigenvalue weighted by atomic mass is 31.2. The van der Waals surface area contributed by atoms with E-state index >= 15 is 0 Å². The summed E-state index contributed by atoms with van der Waals surface area (Å²) in [6.07, 6.45) is 32.6. The van der Waals surface area contributed by atoms with Crippen molar-refractivity contribution >= 4 is 39.5 Å². The van der Waals surface area contributed by atoms with Gasteiger partial charge in [-0.3, -0.25) is 37.3 Å². The van der Waals surface area contributed by atoms with E-state index in [2.05, 4.69) is 41.5 Å². The van der Waals surface area contributed by atoms with Gasteiger partial charge in [-0.2, -0.15) is 0 Å². The molecule has 5 atom stereocenters. The number of aliphatic hydroxyl groups is 1. The number of aliphatic hydroxyl groups excluding tert-OH is 1. The van der Waals surface area contributed by atoms with E-state index in [-0.39, 0.29) is 25.7 Å². The van der Waals surface area contributed by atoms with Gasteiger partial charge in [0.15, 0.2) is 12.2 Å². The zero-order valence-corrected chi connectivity index (χ0v) is 51.7. The first-order chi connectivity index (χ1) is 37.4. The summed E-state index contributed by atoms with van der Waals surface area (Å²) in [7, 11) is -9.87. The Morgan fingerprint density at radius 2 is 0.590 bits per heavy atom. The van der Waals surface area contributed by atoms with Crippen molar-refractivity contribution in [3.63, 3.8) is 0 Å². The van der Waals surface area contributed by atoms with Gasteiger partial charge in [-0.05, 0) is 37.5 Å². The third-order valence-electron chi connectivity index (χ3n) is 13.5. The minimum Gasteiger partial charge on any atom is -0.462 e. The third-order valence-corrected chi connectivity index (χ3v) is 15.4. The molecule has 3 N–H and O–H groups in total. The first-order valence-electron chi connectivity index (χ1n) is 31.0. The Labute approximate surface area is 473 Å². The minimum atomic E-state index is -4.94. The topological polar surface area (TPSA) is 237 Å². The summed E-state index contributed by atoms with van der Waals surface area (Å²) in [4.78, 5) is 71.6. The van der Waals surface area contributed by atoms with E-state index in [0.717, 1.165) is 109 Å². The summed E-state index contributed by atoms with van der Waals surface area (Å²) < 4.78 is 67.5. The molecule has 0 aliphatic carbocycles. The SMILES string of the molecule is CCCCCCCCCCCC(=O)O[C@H](COC(=O)CCCCCCC)COP(=O)(O)OC[C@H](O)COP(=O)(O)OC[C@@H](COC(=O)CCCCCCCCC(C)C)OC(=O)CCCCCCCCCCCCCCC(C)C. The fraction of sp³-hybridized carbons (Fsp3) is 0.932. The van der Waals surface area contributed by atoms with Crippen molar-refractivity contribution in [2.75, 3.05) is 39.6 Å². The van der Waals surface area contributed by atoms with Gasteiger partial charge in [0.1, 0.15) is 19.3 Å². The Balaban J connectivity index is 5.16. The maximum atomic E-state index is 12.9. The van der Waals surface area contributed by atoms with E-state index in [9.17, 15) is 43.2 Å². The van der Waals surface area contributed by atoms with Crippen LogP contribution < -0.4 is 0 Å². The fourth-order valence-electron chi connectivity index (χ4n) is 8.65. The van der Waals surface area contributed by atoms with Gasteiger partial charge in [-0.15, -0.1) is 0 Å². The molecule has 0 bridgehead atoms. The van der Waals surface area contributed by atoms with Crippen molar-refractivity contribution in [3.05, 3.63) is 0 Å². The highest BCUT2D eigenvalue weighted by molar-refractivity contribution is 7.47. The molecular weight excluding hydrogens is 1040 g/mol. The zero-order valence-electron chi connectivity index (χ0n) is 50.0. The van der Waals surface area contributed by atoms with Crippen LogP contribution in [0.1, 0.15) is 286 Å². The molecule has 0 spiro atoms. The van der Waals surface area contributed by atoms with Crippen LogP contribution in [0.15, 0.2) is 0 Å². The van der Waals surface area contributed by atoms with E-state index in [1.807, 2.05) is 0 Å². The standard InChI is InChI=1S/C59H114O17P2/c1-7-9-11-13-14-19-23-31-37-43-58(63)75-54(47-69-56(61)41-35-27-12-10-8-2)49-73-77(65,66)71-45-53(60)46-72-78(67,68)74-50-55(48-70-57(62)42-36-30-26-25-29-34-40-52(5)6)76-59(64)44-38-32-24-21-18-16-15-17-20-22-28-33-39-51(3)4/h51-55,60H,7-50H2,1-6H3,(H,65,66)(H,67,68)/t53-,54+,55+/m0/s1. The van der Waals surface area contributed by atoms with Crippen LogP contribution in [-0.2, 0) is 65.4 Å². The smallest absolute Gasteiger partial charge is 0.462 e. The number of esters is 4. The lowest BCUT2D eigenvalue weighted by molar-refractivity contribution is -0.161. The van der Waals surface area contributed by atoms with Gasteiger partial charge >= 0.3 is 39.5 Å². The Bertz CT molecular complexity index is 1550. The number of ether oxygens (including phenoxy) is 4. The third kappa shape index (κ3) is 53.4. The summed E-state index contributed by atoms with van der Waals surface area (Å²) in [5, 5.41) is 10.5. The molecule has 0 rings (SSSR count). The average Bonchev–Trinajstić information content (AvgIpc) is 3.39. The molecule has 462 valence electrons. The summed E-state index contributed by atoms with van der Waals surface area (Å²) in [6.45, 7) is 9.28. The zero-order chi connectivity index (χ0) is 58.0. The van der Waals surface area contributed by atoms with Crippen molar-refractivity contribution in [1.29, 1.82) is 0 Å². The lowest BCUT2D eigenvalue weighted by Gasteiger charge is -2.21. The maximum Gasteiger partial charge on any atom is 0.472 e. The molecule has 0 fully saturated rings. The highest BCUT2D eigenvalue weighted by Gasteiger charge is 2.30. The maximum absolute atomic E-state index is 12.9. The van der Waals surface area contributed by atoms with Crippen molar-refractivity contribution in [1.82, 2.24) is 0 Å². The molecule has 0 saturated heterocycles. The number of carbonyl (C=O) groups excluding carboxylic acids is 4. The average molecular weight is 1160 g/mol. The Kier molecular flexibility index (Phi) is 50.6. The van der Waals surface area contributed by atoms with E-state index in [1.165, 1.54) is 89.9 Å². The summed E-state index contributed by atoms with van der Waals surface area (Å²) in [5.74, 6) is -0.698. The van der Waals surface area contributed by atoms with Crippen molar-refractivity contribution in [3.8, 4) is 0 Å². The normalized spacial score (nSPS) is 14.4. The largest absolute Gasteiger partial charge is 0.472 e. The number of unbranched alkanes of at least 4 members (excludes halogenated alkanes) is 28. The van der Waals surface area contributed by atoms with Crippen LogP contribution in [0.3, 0.4) is 0 Å². The van der Waals surface area contributed by atoms with Gasteiger partial charge in [0.25, 0.3) is 0 Å². The molecule has 78 heavy (non-hydrogen) atoms. The van der Waals surface area contributed by atoms with Crippen LogP contribution in [0.5, 0.6) is 0 Å². The first-order valence-corrected chi connectivity index (χ1v) is 34.0. The fourth-order valence-corrected chi connectivity index (χ4v) is 10.2. The number of hydrogen-bond acceptors (Lipinski definition) is 15. The molecule has 19 heteroatoms. The number of hydrogen-bond donors (Lipinski definition) is 3. The van der Waals surface area contributed by atoms with Crippen molar-refractivity contribution in [2.24, 2.45) is 11.8 Å². The summed E-state index contributed by atoms with van der Waals surface area (Å²) >= 11 is 0. The summed E-state index contributed by atoms with van der Waals surface area (Å²) in [5.41, 5.74) is 0. The number of rotatable bonds is 58. The first kappa shape index (κ1) is 76.1. The Hall–Kier alpha value is -1.94. The molecule has 2 unspecified atom stereocenters. The van der Waals surface area contributed by atoms with E-state index in [0.29, 0.717) is 31.6 Å². The number of carbonyl (C=O) groups is 4. The van der Waals surface area contributed by atoms with Gasteiger partial charge in [-0.1, -0.05) is 234 Å². The van der Waals surface area contributed by atoms with Gasteiger partial charge in [0.2, 0.25) is 0 Å². The second-order valence-electron chi connectivity index (χ2n) is 22.3. The Morgan fingerprint density at radius 3 is 0.872 bits per heavy atom. The molecule has 0 aliphatic rings.